The first-order valence-electron chi connectivity index (χ1n) is 2.64. The van der Waals surface area contributed by atoms with Crippen LogP contribution in [0.3, 0.4) is 0 Å². The van der Waals surface area contributed by atoms with Gasteiger partial charge in [0.1, 0.15) is 6.61 Å². The van der Waals surface area contributed by atoms with Crippen LogP contribution in [0.4, 0.5) is 0 Å². The maximum absolute atomic E-state index is 9.85. The zero-order valence-electron chi connectivity index (χ0n) is 5.19. The van der Waals surface area contributed by atoms with Gasteiger partial charge >= 0.3 is 14.2 Å². The van der Waals surface area contributed by atoms with Crippen molar-refractivity contribution in [2.75, 3.05) is 6.61 Å². The van der Waals surface area contributed by atoms with Crippen LogP contribution in [0.15, 0.2) is 0 Å². The van der Waals surface area contributed by atoms with Gasteiger partial charge in [0, 0.05) is 11.0 Å². The molecule has 1 unspecified atom stereocenters. The van der Waals surface area contributed by atoms with E-state index in [2.05, 4.69) is 4.52 Å². The molecule has 1 atom stereocenters. The van der Waals surface area contributed by atoms with Crippen molar-refractivity contribution in [3.05, 3.63) is 0 Å². The lowest BCUT2D eigenvalue weighted by Crippen LogP contribution is -1.96. The number of rotatable bonds is 5. The van der Waals surface area contributed by atoms with E-state index in [1.807, 2.05) is 0 Å². The smallest absolute Gasteiger partial charge is 0.481 e. The van der Waals surface area contributed by atoms with Gasteiger partial charge in [-0.3, -0.25) is 4.79 Å². The SMILES string of the molecule is O=C(O)CCCO[P+](=O)O. The van der Waals surface area contributed by atoms with Gasteiger partial charge in [-0.25, -0.2) is 0 Å². The zero-order chi connectivity index (χ0) is 7.98. The standard InChI is InChI=1S/C4H7O5P/c5-4(6)2-1-3-9-10(7)8/h1-3H2,(H-,5,6,7,8)/p+1. The fraction of sp³-hybridized carbons (Fsp3) is 0.750. The fourth-order valence-electron chi connectivity index (χ4n) is 0.366. The lowest BCUT2D eigenvalue weighted by molar-refractivity contribution is -0.137. The van der Waals surface area contributed by atoms with Gasteiger partial charge in [-0.2, -0.15) is 0 Å². The Morgan fingerprint density at radius 2 is 2.20 bits per heavy atom. The summed E-state index contributed by atoms with van der Waals surface area (Å²) in [4.78, 5) is 17.9. The van der Waals surface area contributed by atoms with E-state index in [0.29, 0.717) is 0 Å². The molecule has 0 fully saturated rings. The van der Waals surface area contributed by atoms with Crippen molar-refractivity contribution in [1.29, 1.82) is 0 Å². The molecular weight excluding hydrogens is 159 g/mol. The molecule has 0 aliphatic heterocycles. The largest absolute Gasteiger partial charge is 0.694 e. The van der Waals surface area contributed by atoms with Gasteiger partial charge in [0.25, 0.3) is 0 Å². The van der Waals surface area contributed by atoms with Gasteiger partial charge < -0.3 is 5.11 Å². The van der Waals surface area contributed by atoms with E-state index < -0.39 is 14.2 Å². The molecule has 0 heterocycles. The van der Waals surface area contributed by atoms with Crippen molar-refractivity contribution in [3.63, 3.8) is 0 Å². The summed E-state index contributed by atoms with van der Waals surface area (Å²) in [5, 5.41) is 8.09. The summed E-state index contributed by atoms with van der Waals surface area (Å²) in [6, 6.07) is 0. The molecule has 0 amide bonds. The number of aliphatic carboxylic acids is 1. The molecule has 0 aromatic rings. The minimum Gasteiger partial charge on any atom is -0.481 e. The summed E-state index contributed by atoms with van der Waals surface area (Å²) in [5.74, 6) is -0.934. The Morgan fingerprint density at radius 3 is 2.60 bits per heavy atom. The molecular formula is C4H8O5P+. The molecule has 0 radical (unpaired) electrons. The third-order valence-corrected chi connectivity index (χ3v) is 1.14. The van der Waals surface area contributed by atoms with Crippen molar-refractivity contribution in [2.24, 2.45) is 0 Å². The first-order valence-corrected chi connectivity index (χ1v) is 3.77. The van der Waals surface area contributed by atoms with E-state index in [9.17, 15) is 9.36 Å². The van der Waals surface area contributed by atoms with Gasteiger partial charge in [-0.05, 0) is 6.42 Å². The molecule has 5 nitrogen and oxygen atoms in total. The van der Waals surface area contributed by atoms with E-state index >= 15 is 0 Å². The monoisotopic (exact) mass is 167 g/mol. The number of hydrogen-bond donors (Lipinski definition) is 2. The summed E-state index contributed by atoms with van der Waals surface area (Å²) < 4.78 is 14.0. The summed E-state index contributed by atoms with van der Waals surface area (Å²) in [7, 11) is -2.57. The van der Waals surface area contributed by atoms with Crippen LogP contribution in [0.25, 0.3) is 0 Å². The van der Waals surface area contributed by atoms with Crippen molar-refractivity contribution in [2.45, 2.75) is 12.8 Å². The lowest BCUT2D eigenvalue weighted by atomic mass is 10.3. The van der Waals surface area contributed by atoms with Crippen LogP contribution in [0.2, 0.25) is 0 Å². The number of carboxylic acid groups (broad SMARTS) is 1. The Labute approximate surface area is 58.6 Å². The Hall–Kier alpha value is -0.510. The van der Waals surface area contributed by atoms with E-state index in [-0.39, 0.29) is 19.4 Å². The summed E-state index contributed by atoms with van der Waals surface area (Å²) in [6.07, 6.45) is 0.222. The second kappa shape index (κ2) is 5.29. The highest BCUT2D eigenvalue weighted by Crippen LogP contribution is 2.14. The number of hydrogen-bond acceptors (Lipinski definition) is 3. The average molecular weight is 167 g/mol. The Morgan fingerprint density at radius 1 is 1.60 bits per heavy atom. The van der Waals surface area contributed by atoms with Crippen molar-refractivity contribution >= 4 is 14.2 Å². The maximum atomic E-state index is 9.85. The second-order valence-electron chi connectivity index (χ2n) is 1.57. The van der Waals surface area contributed by atoms with Crippen molar-refractivity contribution in [3.8, 4) is 0 Å². The van der Waals surface area contributed by atoms with Gasteiger partial charge in [0.2, 0.25) is 0 Å². The average Bonchev–Trinajstić information content (AvgIpc) is 1.79. The maximum Gasteiger partial charge on any atom is 0.694 e. The Balaban J connectivity index is 3.06. The van der Waals surface area contributed by atoms with Crippen LogP contribution in [0.5, 0.6) is 0 Å². The highest BCUT2D eigenvalue weighted by Gasteiger charge is 2.10. The highest BCUT2D eigenvalue weighted by molar-refractivity contribution is 7.32. The molecule has 0 aliphatic carbocycles. The molecule has 0 aromatic carbocycles. The van der Waals surface area contributed by atoms with Crippen LogP contribution >= 0.6 is 8.25 Å². The summed E-state index contributed by atoms with van der Waals surface area (Å²) >= 11 is 0. The van der Waals surface area contributed by atoms with E-state index in [0.717, 1.165) is 0 Å². The molecule has 0 bridgehead atoms. The predicted octanol–water partition coefficient (Wildman–Crippen LogP) is 0.517. The molecule has 10 heavy (non-hydrogen) atoms. The second-order valence-corrected chi connectivity index (χ2v) is 2.30. The molecule has 58 valence electrons. The van der Waals surface area contributed by atoms with Gasteiger partial charge in [-0.15, -0.1) is 9.42 Å². The van der Waals surface area contributed by atoms with Crippen LogP contribution in [0.1, 0.15) is 12.8 Å². The third kappa shape index (κ3) is 7.49. The minimum absolute atomic E-state index is 0.0119. The third-order valence-electron chi connectivity index (χ3n) is 0.737. The molecule has 0 aromatic heterocycles. The van der Waals surface area contributed by atoms with Gasteiger partial charge in [0.05, 0.1) is 0 Å². The van der Waals surface area contributed by atoms with Crippen LogP contribution < -0.4 is 0 Å². The quantitative estimate of drug-likeness (QED) is 0.460. The van der Waals surface area contributed by atoms with Crippen LogP contribution in [0, 0.1) is 0 Å². The van der Waals surface area contributed by atoms with Crippen LogP contribution in [-0.4, -0.2) is 22.6 Å². The molecule has 0 saturated carbocycles. The lowest BCUT2D eigenvalue weighted by Gasteiger charge is -1.87. The first-order chi connectivity index (χ1) is 4.63. The molecule has 0 aliphatic rings. The predicted molar refractivity (Wildman–Crippen MR) is 32.6 cm³/mol. The summed E-state index contributed by atoms with van der Waals surface area (Å²) in [5.41, 5.74) is 0. The van der Waals surface area contributed by atoms with E-state index in [1.54, 1.807) is 0 Å². The van der Waals surface area contributed by atoms with Crippen molar-refractivity contribution in [1.82, 2.24) is 0 Å². The van der Waals surface area contributed by atoms with Gasteiger partial charge in [0.15, 0.2) is 0 Å². The topological polar surface area (TPSA) is 83.8 Å². The number of carbonyl (C=O) groups is 1. The van der Waals surface area contributed by atoms with Crippen molar-refractivity contribution < 1.29 is 23.9 Å². The molecule has 0 rings (SSSR count). The fourth-order valence-corrected chi connectivity index (χ4v) is 0.651. The first kappa shape index (κ1) is 9.49. The normalized spacial score (nSPS) is 11.1. The molecule has 0 saturated heterocycles. The molecule has 2 N–H and O–H groups in total. The zero-order valence-corrected chi connectivity index (χ0v) is 6.08. The van der Waals surface area contributed by atoms with E-state index in [1.165, 1.54) is 0 Å². The molecule has 0 spiro atoms. The highest BCUT2D eigenvalue weighted by atomic mass is 31.1. The van der Waals surface area contributed by atoms with Gasteiger partial charge in [-0.1, -0.05) is 0 Å². The minimum atomic E-state index is -2.57. The Bertz CT molecular complexity index is 118. The van der Waals surface area contributed by atoms with E-state index in [4.69, 9.17) is 10.00 Å². The molecule has 6 heteroatoms. The summed E-state index contributed by atoms with van der Waals surface area (Å²) in [6.45, 7) is 0.0119. The van der Waals surface area contributed by atoms with Crippen LogP contribution in [-0.2, 0) is 13.9 Å². The Kier molecular flexibility index (Phi) is 5.02. The number of carboxylic acids is 1.